The van der Waals surface area contributed by atoms with Crippen molar-refractivity contribution >= 4 is 22.8 Å². The van der Waals surface area contributed by atoms with Gasteiger partial charge in [-0.15, -0.1) is 0 Å². The molecule has 0 aliphatic carbocycles. The van der Waals surface area contributed by atoms with Crippen molar-refractivity contribution in [3.63, 3.8) is 0 Å². The Kier molecular flexibility index (Phi) is 2.45. The van der Waals surface area contributed by atoms with Crippen molar-refractivity contribution in [2.75, 3.05) is 5.32 Å². The Hall–Kier alpha value is -2.76. The molecule has 0 saturated carbocycles. The Labute approximate surface area is 102 Å². The summed E-state index contributed by atoms with van der Waals surface area (Å²) in [5.41, 5.74) is 1.17. The van der Waals surface area contributed by atoms with E-state index >= 15 is 0 Å². The van der Waals surface area contributed by atoms with Crippen LogP contribution in [0.15, 0.2) is 42.9 Å². The molecule has 0 spiro atoms. The molecule has 88 valence electrons. The highest BCUT2D eigenvalue weighted by Gasteiger charge is 2.10. The summed E-state index contributed by atoms with van der Waals surface area (Å²) in [7, 11) is 0. The zero-order chi connectivity index (χ0) is 12.4. The maximum Gasteiger partial charge on any atom is 0.256 e. The Bertz CT molecular complexity index is 692. The van der Waals surface area contributed by atoms with Crippen molar-refractivity contribution in [3.8, 4) is 0 Å². The Morgan fingerprint density at radius 2 is 2.00 bits per heavy atom. The van der Waals surface area contributed by atoms with E-state index in [2.05, 4.69) is 25.5 Å². The molecule has 0 fully saturated rings. The number of carbonyl (C=O) groups is 1. The van der Waals surface area contributed by atoms with Crippen LogP contribution in [0.5, 0.6) is 0 Å². The van der Waals surface area contributed by atoms with Crippen molar-refractivity contribution < 1.29 is 4.79 Å². The topological polar surface area (TPSA) is 83.6 Å². The van der Waals surface area contributed by atoms with Gasteiger partial charge in [0.1, 0.15) is 12.1 Å². The van der Waals surface area contributed by atoms with Crippen LogP contribution < -0.4 is 5.32 Å². The van der Waals surface area contributed by atoms with Crippen LogP contribution in [0.1, 0.15) is 10.4 Å². The zero-order valence-electron chi connectivity index (χ0n) is 9.29. The fourth-order valence-corrected chi connectivity index (χ4v) is 1.63. The zero-order valence-corrected chi connectivity index (χ0v) is 9.29. The van der Waals surface area contributed by atoms with E-state index in [1.165, 1.54) is 6.33 Å². The first-order valence-electron chi connectivity index (χ1n) is 5.35. The third-order valence-electron chi connectivity index (χ3n) is 2.52. The summed E-state index contributed by atoms with van der Waals surface area (Å²) in [6, 6.07) is 8.95. The fourth-order valence-electron chi connectivity index (χ4n) is 1.63. The van der Waals surface area contributed by atoms with Crippen molar-refractivity contribution in [2.24, 2.45) is 0 Å². The lowest BCUT2D eigenvalue weighted by molar-refractivity contribution is 0.102. The number of amides is 1. The number of anilines is 1. The van der Waals surface area contributed by atoms with E-state index in [1.54, 1.807) is 18.3 Å². The highest BCUT2D eigenvalue weighted by molar-refractivity contribution is 6.07. The number of hydrogen-bond donors (Lipinski definition) is 2. The highest BCUT2D eigenvalue weighted by Crippen LogP contribution is 2.16. The second-order valence-corrected chi connectivity index (χ2v) is 3.67. The minimum atomic E-state index is -0.211. The standard InChI is InChI=1S/C12H9N5O/c18-12(8-4-2-1-3-5-8)16-10-9-6-15-17-11(9)14-7-13-10/h1-7H,(H2,13,14,15,16,17,18). The lowest BCUT2D eigenvalue weighted by atomic mass is 10.2. The summed E-state index contributed by atoms with van der Waals surface area (Å²) in [6.45, 7) is 0. The molecule has 2 heterocycles. The largest absolute Gasteiger partial charge is 0.306 e. The van der Waals surface area contributed by atoms with Gasteiger partial charge in [-0.25, -0.2) is 9.97 Å². The smallest absolute Gasteiger partial charge is 0.256 e. The van der Waals surface area contributed by atoms with E-state index in [-0.39, 0.29) is 5.91 Å². The average Bonchev–Trinajstić information content (AvgIpc) is 2.89. The molecule has 1 aromatic carbocycles. The molecule has 6 heteroatoms. The molecule has 0 saturated heterocycles. The summed E-state index contributed by atoms with van der Waals surface area (Å²) >= 11 is 0. The van der Waals surface area contributed by atoms with Gasteiger partial charge >= 0.3 is 0 Å². The maximum atomic E-state index is 12.0. The number of rotatable bonds is 2. The first-order valence-corrected chi connectivity index (χ1v) is 5.35. The Morgan fingerprint density at radius 3 is 2.83 bits per heavy atom. The van der Waals surface area contributed by atoms with E-state index < -0.39 is 0 Å². The van der Waals surface area contributed by atoms with Gasteiger partial charge in [-0.2, -0.15) is 5.10 Å². The van der Waals surface area contributed by atoms with E-state index in [1.807, 2.05) is 18.2 Å². The molecular weight excluding hydrogens is 230 g/mol. The third-order valence-corrected chi connectivity index (χ3v) is 2.52. The van der Waals surface area contributed by atoms with Crippen LogP contribution in [0, 0.1) is 0 Å². The van der Waals surface area contributed by atoms with E-state index in [4.69, 9.17) is 0 Å². The number of fused-ring (bicyclic) bond motifs is 1. The predicted octanol–water partition coefficient (Wildman–Crippen LogP) is 1.61. The van der Waals surface area contributed by atoms with Crippen molar-refractivity contribution in [1.29, 1.82) is 0 Å². The van der Waals surface area contributed by atoms with Gasteiger partial charge in [0.2, 0.25) is 0 Å². The van der Waals surface area contributed by atoms with Crippen LogP contribution in [0.3, 0.4) is 0 Å². The van der Waals surface area contributed by atoms with Gasteiger partial charge in [0, 0.05) is 5.56 Å². The summed E-state index contributed by atoms with van der Waals surface area (Å²) < 4.78 is 0. The van der Waals surface area contributed by atoms with Crippen LogP contribution in [0.2, 0.25) is 0 Å². The second kappa shape index (κ2) is 4.25. The van der Waals surface area contributed by atoms with Crippen LogP contribution in [0.25, 0.3) is 11.0 Å². The molecule has 2 N–H and O–H groups in total. The van der Waals surface area contributed by atoms with Gasteiger partial charge in [-0.3, -0.25) is 9.89 Å². The van der Waals surface area contributed by atoms with Crippen molar-refractivity contribution in [2.45, 2.75) is 0 Å². The van der Waals surface area contributed by atoms with Gasteiger partial charge in [-0.05, 0) is 12.1 Å². The van der Waals surface area contributed by atoms with Gasteiger partial charge in [0.25, 0.3) is 5.91 Å². The van der Waals surface area contributed by atoms with Crippen molar-refractivity contribution in [1.82, 2.24) is 20.2 Å². The first kappa shape index (κ1) is 10.4. The highest BCUT2D eigenvalue weighted by atomic mass is 16.1. The summed E-state index contributed by atoms with van der Waals surface area (Å²) in [5.74, 6) is 0.236. The molecule has 3 aromatic rings. The predicted molar refractivity (Wildman–Crippen MR) is 66.1 cm³/mol. The Morgan fingerprint density at radius 1 is 1.17 bits per heavy atom. The van der Waals surface area contributed by atoms with Gasteiger partial charge in [0.15, 0.2) is 5.65 Å². The van der Waals surface area contributed by atoms with Crippen molar-refractivity contribution in [3.05, 3.63) is 48.4 Å². The SMILES string of the molecule is O=C(Nc1ncnc2[nH]ncc12)c1ccccc1. The van der Waals surface area contributed by atoms with E-state index in [0.717, 1.165) is 0 Å². The quantitative estimate of drug-likeness (QED) is 0.711. The lowest BCUT2D eigenvalue weighted by Gasteiger charge is -2.04. The first-order chi connectivity index (χ1) is 8.84. The number of nitrogens with zero attached hydrogens (tertiary/aromatic N) is 3. The fraction of sp³-hybridized carbons (Fsp3) is 0. The number of aromatic nitrogens is 4. The lowest BCUT2D eigenvalue weighted by Crippen LogP contribution is -2.13. The molecule has 0 unspecified atom stereocenters. The molecule has 18 heavy (non-hydrogen) atoms. The van der Waals surface area contributed by atoms with E-state index in [0.29, 0.717) is 22.4 Å². The minimum absolute atomic E-state index is 0.211. The molecule has 0 bridgehead atoms. The van der Waals surface area contributed by atoms with Crippen LogP contribution in [0.4, 0.5) is 5.82 Å². The summed E-state index contributed by atoms with van der Waals surface area (Å²) in [6.07, 6.45) is 2.96. The normalized spacial score (nSPS) is 10.4. The third kappa shape index (κ3) is 1.80. The molecule has 0 radical (unpaired) electrons. The number of aromatic amines is 1. The average molecular weight is 239 g/mol. The van der Waals surface area contributed by atoms with Gasteiger partial charge in [0.05, 0.1) is 11.6 Å². The molecule has 2 aromatic heterocycles. The molecule has 1 amide bonds. The summed E-state index contributed by atoms with van der Waals surface area (Å²) in [4.78, 5) is 20.0. The maximum absolute atomic E-state index is 12.0. The monoisotopic (exact) mass is 239 g/mol. The van der Waals surface area contributed by atoms with Gasteiger partial charge in [-0.1, -0.05) is 18.2 Å². The number of nitrogens with one attached hydrogen (secondary N) is 2. The second-order valence-electron chi connectivity index (χ2n) is 3.67. The minimum Gasteiger partial charge on any atom is -0.306 e. The number of H-pyrrole nitrogens is 1. The molecule has 0 aliphatic rings. The molecule has 6 nitrogen and oxygen atoms in total. The van der Waals surface area contributed by atoms with Gasteiger partial charge < -0.3 is 5.32 Å². The summed E-state index contributed by atoms with van der Waals surface area (Å²) in [5, 5.41) is 10.0. The Balaban J connectivity index is 1.93. The van der Waals surface area contributed by atoms with Crippen LogP contribution >= 0.6 is 0 Å². The molecule has 0 atom stereocenters. The number of benzene rings is 1. The molecule has 0 aliphatic heterocycles. The van der Waals surface area contributed by atoms with Crippen LogP contribution in [-0.4, -0.2) is 26.1 Å². The molecular formula is C12H9N5O. The number of hydrogen-bond acceptors (Lipinski definition) is 4. The van der Waals surface area contributed by atoms with E-state index in [9.17, 15) is 4.79 Å². The number of carbonyl (C=O) groups excluding carboxylic acids is 1. The molecule has 3 rings (SSSR count). The van der Waals surface area contributed by atoms with Crippen LogP contribution in [-0.2, 0) is 0 Å².